The van der Waals surface area contributed by atoms with Crippen LogP contribution in [0, 0.1) is 36.5 Å². The van der Waals surface area contributed by atoms with Crippen molar-refractivity contribution < 1.29 is 34.1 Å². The number of aromatic hydroxyl groups is 2. The third-order valence-electron chi connectivity index (χ3n) is 10.3. The molecular weight excluding hydrogens is 787 g/mol. The number of rotatable bonds is 13. The first-order chi connectivity index (χ1) is 29.3. The van der Waals surface area contributed by atoms with Crippen molar-refractivity contribution >= 4 is 40.2 Å². The van der Waals surface area contributed by atoms with E-state index in [4.69, 9.17) is 9.47 Å². The molecule has 18 nitrogen and oxygen atoms in total. The highest BCUT2D eigenvalue weighted by atomic mass is 16.6. The van der Waals surface area contributed by atoms with Crippen LogP contribution in [0.1, 0.15) is 79.5 Å². The van der Waals surface area contributed by atoms with Gasteiger partial charge in [-0.3, -0.25) is 38.0 Å². The zero-order valence-electron chi connectivity index (χ0n) is 33.0. The van der Waals surface area contributed by atoms with Crippen LogP contribution in [0.3, 0.4) is 0 Å². The molecule has 61 heavy (non-hydrogen) atoms. The van der Waals surface area contributed by atoms with Gasteiger partial charge < -0.3 is 19.7 Å². The Hall–Kier alpha value is -7.93. The summed E-state index contributed by atoms with van der Waals surface area (Å²) in [6, 6.07) is 23.9. The first kappa shape index (κ1) is 41.2. The molecule has 0 spiro atoms. The quantitative estimate of drug-likeness (QED) is 0.0721. The number of ketones is 2. The second-order valence-electron chi connectivity index (χ2n) is 14.1. The fourth-order valence-corrected chi connectivity index (χ4v) is 6.87. The van der Waals surface area contributed by atoms with Crippen molar-refractivity contribution in [3.8, 4) is 23.9 Å². The molecule has 2 aliphatic rings. The van der Waals surface area contributed by atoms with Crippen molar-refractivity contribution in [2.75, 3.05) is 13.2 Å². The van der Waals surface area contributed by atoms with E-state index in [1.54, 1.807) is 42.5 Å². The maximum absolute atomic E-state index is 14.6. The molecule has 2 fully saturated rings. The van der Waals surface area contributed by atoms with E-state index in [1.807, 2.05) is 12.1 Å². The number of nitriles is 2. The minimum absolute atomic E-state index is 0.0585. The first-order valence-electron chi connectivity index (χ1n) is 18.8. The van der Waals surface area contributed by atoms with Crippen LogP contribution in [0.2, 0.25) is 0 Å². The van der Waals surface area contributed by atoms with Crippen molar-refractivity contribution in [3.63, 3.8) is 0 Å². The summed E-state index contributed by atoms with van der Waals surface area (Å²) in [5.41, 5.74) is -3.16. The number of carbonyl (C=O) groups excluding carboxylic acids is 3. The van der Waals surface area contributed by atoms with Crippen molar-refractivity contribution in [2.24, 2.45) is 20.5 Å². The van der Waals surface area contributed by atoms with Crippen LogP contribution in [0.25, 0.3) is 0 Å². The monoisotopic (exact) mass is 821 g/mol. The molecule has 306 valence electrons. The lowest BCUT2D eigenvalue weighted by Gasteiger charge is -2.37. The van der Waals surface area contributed by atoms with Crippen LogP contribution in [-0.4, -0.2) is 67.1 Å². The number of epoxide rings is 2. The Morgan fingerprint density at radius 3 is 1.43 bits per heavy atom. The molecule has 0 saturated carbocycles. The van der Waals surface area contributed by atoms with Crippen LogP contribution in [0.4, 0.5) is 22.7 Å². The van der Waals surface area contributed by atoms with Crippen molar-refractivity contribution in [1.82, 2.24) is 14.0 Å². The van der Waals surface area contributed by atoms with Gasteiger partial charge >= 0.3 is 0 Å². The Labute approximate surface area is 346 Å². The van der Waals surface area contributed by atoms with Crippen LogP contribution >= 0.6 is 0 Å². The van der Waals surface area contributed by atoms with Crippen LogP contribution in [0.5, 0.6) is 11.8 Å². The molecule has 1 amide bonds. The number of Topliss-reactive ketones (excluding diaryl/α,β-unsaturated/α-hetero) is 2. The van der Waals surface area contributed by atoms with E-state index in [0.717, 1.165) is 4.90 Å². The molecule has 4 unspecified atom stereocenters. The molecule has 18 heteroatoms. The fourth-order valence-electron chi connectivity index (χ4n) is 6.87. The second-order valence-corrected chi connectivity index (χ2v) is 14.1. The number of azo groups is 2. The molecule has 2 N–H and O–H groups in total. The van der Waals surface area contributed by atoms with E-state index in [1.165, 1.54) is 64.1 Å². The van der Waals surface area contributed by atoms with Crippen molar-refractivity contribution in [1.29, 1.82) is 10.5 Å². The smallest absolute Gasteiger partial charge is 0.283 e. The Bertz CT molecular complexity index is 2730. The summed E-state index contributed by atoms with van der Waals surface area (Å²) in [6.45, 7) is 5.89. The second kappa shape index (κ2) is 16.7. The van der Waals surface area contributed by atoms with E-state index < -0.39 is 75.8 Å². The molecule has 2 aliphatic heterocycles. The standard InChI is InChI=1S/C43H35N9O9/c1-22-29(18-44)40(56)51(42(58)35(22)48-46-31-16-10-8-14-27(31)37(53)33-20-60-33)24(3)50(39(55)26-12-6-5-7-13-26)25(4)52-41(57)30(19-45)23(2)36(43(52)59)49-47-32-17-11-9-15-28(32)38(54)34-21-61-34/h5-17,24-25,33-34,56-57H,20-21H2,1-4H3. The molecule has 7 rings (SSSR count). The number of nitrogens with zero attached hydrogens (tertiary/aromatic N) is 9. The lowest BCUT2D eigenvalue weighted by Crippen LogP contribution is -2.45. The molecule has 5 aromatic rings. The van der Waals surface area contributed by atoms with E-state index in [2.05, 4.69) is 20.5 Å². The van der Waals surface area contributed by atoms with Crippen LogP contribution < -0.4 is 11.1 Å². The average molecular weight is 822 g/mol. The highest BCUT2D eigenvalue weighted by Crippen LogP contribution is 2.36. The molecule has 4 heterocycles. The Morgan fingerprint density at radius 1 is 0.672 bits per heavy atom. The van der Waals surface area contributed by atoms with Crippen LogP contribution in [-0.2, 0) is 9.47 Å². The van der Waals surface area contributed by atoms with Gasteiger partial charge in [-0.05, 0) is 64.1 Å². The largest absolute Gasteiger partial charge is 0.493 e. The third-order valence-corrected chi connectivity index (χ3v) is 10.3. The molecule has 0 aliphatic carbocycles. The highest BCUT2D eigenvalue weighted by molar-refractivity contribution is 6.05. The number of hydrogen-bond acceptors (Lipinski definition) is 15. The summed E-state index contributed by atoms with van der Waals surface area (Å²) in [6.07, 6.45) is -4.40. The predicted molar refractivity (Wildman–Crippen MR) is 215 cm³/mol. The lowest BCUT2D eigenvalue weighted by atomic mass is 10.1. The van der Waals surface area contributed by atoms with Gasteiger partial charge in [0.1, 0.15) is 47.8 Å². The van der Waals surface area contributed by atoms with Gasteiger partial charge in [-0.15, -0.1) is 20.5 Å². The highest BCUT2D eigenvalue weighted by Gasteiger charge is 2.37. The molecule has 0 bridgehead atoms. The summed E-state index contributed by atoms with van der Waals surface area (Å²) < 4.78 is 11.7. The maximum atomic E-state index is 14.6. The Kier molecular flexibility index (Phi) is 11.3. The molecule has 4 atom stereocenters. The predicted octanol–water partition coefficient (Wildman–Crippen LogP) is 6.65. The number of ether oxygens (including phenoxy) is 2. The SMILES string of the molecule is Cc1c(C#N)c(O)n(C(C)N(C(=O)c2ccccc2)C(C)n2c(O)c(C#N)c(C)c(N=Nc3ccccc3C(=O)C3CO3)c2=O)c(=O)c1N=Nc1ccccc1C(=O)C1CO1. The topological polar surface area (TPSA) is 261 Å². The summed E-state index contributed by atoms with van der Waals surface area (Å²) >= 11 is 0. The zero-order valence-corrected chi connectivity index (χ0v) is 33.0. The summed E-state index contributed by atoms with van der Waals surface area (Å²) in [4.78, 5) is 70.3. The van der Waals surface area contributed by atoms with Gasteiger partial charge in [0, 0.05) is 27.8 Å². The first-order valence-corrected chi connectivity index (χ1v) is 18.8. The molecular formula is C43H35N9O9. The molecule has 2 saturated heterocycles. The molecule has 2 aromatic heterocycles. The van der Waals surface area contributed by atoms with Crippen molar-refractivity contribution in [2.45, 2.75) is 52.2 Å². The van der Waals surface area contributed by atoms with Gasteiger partial charge in [0.25, 0.3) is 17.0 Å². The summed E-state index contributed by atoms with van der Waals surface area (Å²) in [7, 11) is 0. The zero-order chi connectivity index (χ0) is 43.7. The number of amides is 1. The number of benzene rings is 3. The summed E-state index contributed by atoms with van der Waals surface area (Å²) in [5, 5.41) is 60.2. The number of carbonyl (C=O) groups is 3. The number of hydrogen-bond donors (Lipinski definition) is 2. The fraction of sp³-hybridized carbons (Fsp3) is 0.233. The number of pyridine rings is 2. The van der Waals surface area contributed by atoms with Gasteiger partial charge in [0.05, 0.1) is 24.6 Å². The molecule has 0 radical (unpaired) electrons. The van der Waals surface area contributed by atoms with E-state index >= 15 is 0 Å². The van der Waals surface area contributed by atoms with Crippen molar-refractivity contribution in [3.05, 3.63) is 139 Å². The van der Waals surface area contributed by atoms with E-state index in [9.17, 15) is 44.7 Å². The van der Waals surface area contributed by atoms with Gasteiger partial charge in [-0.2, -0.15) is 10.5 Å². The Balaban J connectivity index is 1.38. The lowest BCUT2D eigenvalue weighted by molar-refractivity contribution is 0.0342. The van der Waals surface area contributed by atoms with E-state index in [-0.39, 0.29) is 64.0 Å². The Morgan fingerprint density at radius 2 is 1.05 bits per heavy atom. The van der Waals surface area contributed by atoms with Crippen LogP contribution in [0.15, 0.2) is 109 Å². The normalized spacial score (nSPS) is 16.4. The number of aromatic nitrogens is 2. The van der Waals surface area contributed by atoms with Gasteiger partial charge in [0.2, 0.25) is 11.8 Å². The minimum atomic E-state index is -1.57. The van der Waals surface area contributed by atoms with Gasteiger partial charge in [0.15, 0.2) is 22.9 Å². The average Bonchev–Trinajstić information content (AvgIpc) is 4.19. The minimum Gasteiger partial charge on any atom is -0.493 e. The van der Waals surface area contributed by atoms with E-state index in [0.29, 0.717) is 9.13 Å². The van der Waals surface area contributed by atoms with Gasteiger partial charge in [-0.1, -0.05) is 42.5 Å². The maximum Gasteiger partial charge on any atom is 0.283 e. The summed E-state index contributed by atoms with van der Waals surface area (Å²) in [5.74, 6) is -3.20. The van der Waals surface area contributed by atoms with Gasteiger partial charge in [-0.25, -0.2) is 0 Å². The molecule has 3 aromatic carbocycles. The third kappa shape index (κ3) is 7.72.